The van der Waals surface area contributed by atoms with Crippen LogP contribution >= 0.6 is 23.1 Å². The lowest BCUT2D eigenvalue weighted by molar-refractivity contribution is -0.113. The van der Waals surface area contributed by atoms with Crippen LogP contribution in [0.3, 0.4) is 0 Å². The fourth-order valence-corrected chi connectivity index (χ4v) is 3.28. The van der Waals surface area contributed by atoms with E-state index in [-0.39, 0.29) is 17.6 Å². The number of hydrogen-bond acceptors (Lipinski definition) is 6. The Hall–Kier alpha value is -1.93. The monoisotopic (exact) mass is 336 g/mol. The molecule has 22 heavy (non-hydrogen) atoms. The molecule has 8 heteroatoms. The maximum atomic E-state index is 11.9. The summed E-state index contributed by atoms with van der Waals surface area (Å²) >= 11 is 2.80. The molecular formula is C14H16N4O2S2. The number of amides is 2. The highest BCUT2D eigenvalue weighted by Crippen LogP contribution is 2.22. The minimum absolute atomic E-state index is 0.147. The standard InChI is InChI=1S/C14H16N4O2S2/c1-3-15-13(20)10-5-4-6-11(7-10)16-12(19)8-21-14-18-17-9(2)22-14/h4-7H,3,8H2,1-2H3,(H,15,20)(H,16,19). The van der Waals surface area contributed by atoms with Gasteiger partial charge in [-0.2, -0.15) is 0 Å². The Morgan fingerprint density at radius 3 is 2.82 bits per heavy atom. The second-order valence-corrected chi connectivity index (χ2v) is 6.77. The highest BCUT2D eigenvalue weighted by atomic mass is 32.2. The van der Waals surface area contributed by atoms with Crippen molar-refractivity contribution in [2.24, 2.45) is 0 Å². The molecule has 0 aliphatic heterocycles. The molecule has 0 aliphatic carbocycles. The molecule has 0 spiro atoms. The van der Waals surface area contributed by atoms with E-state index in [0.717, 1.165) is 9.35 Å². The smallest absolute Gasteiger partial charge is 0.251 e. The average molecular weight is 336 g/mol. The SMILES string of the molecule is CCNC(=O)c1cccc(NC(=O)CSc2nnc(C)s2)c1. The van der Waals surface area contributed by atoms with Crippen LogP contribution in [0.25, 0.3) is 0 Å². The van der Waals surface area contributed by atoms with Crippen molar-refractivity contribution >= 4 is 40.6 Å². The number of benzene rings is 1. The molecule has 2 aromatic rings. The van der Waals surface area contributed by atoms with Gasteiger partial charge in [0.15, 0.2) is 4.34 Å². The van der Waals surface area contributed by atoms with E-state index < -0.39 is 0 Å². The Balaban J connectivity index is 1.91. The van der Waals surface area contributed by atoms with Crippen molar-refractivity contribution in [3.05, 3.63) is 34.8 Å². The Kier molecular flexibility index (Phi) is 5.91. The summed E-state index contributed by atoms with van der Waals surface area (Å²) in [4.78, 5) is 23.7. The lowest BCUT2D eigenvalue weighted by atomic mass is 10.2. The van der Waals surface area contributed by atoms with E-state index in [1.807, 2.05) is 13.8 Å². The van der Waals surface area contributed by atoms with Crippen LogP contribution in [0.1, 0.15) is 22.3 Å². The van der Waals surface area contributed by atoms with Gasteiger partial charge in [-0.05, 0) is 32.0 Å². The first-order chi connectivity index (χ1) is 10.6. The summed E-state index contributed by atoms with van der Waals surface area (Å²) in [5.74, 6) is -0.0526. The summed E-state index contributed by atoms with van der Waals surface area (Å²) < 4.78 is 0.767. The molecule has 0 atom stereocenters. The molecule has 1 heterocycles. The number of thioether (sulfide) groups is 1. The number of aromatic nitrogens is 2. The molecule has 0 radical (unpaired) electrons. The second-order valence-electron chi connectivity index (χ2n) is 4.36. The first-order valence-corrected chi connectivity index (χ1v) is 8.49. The van der Waals surface area contributed by atoms with Gasteiger partial charge in [-0.15, -0.1) is 10.2 Å². The zero-order valence-corrected chi connectivity index (χ0v) is 13.9. The van der Waals surface area contributed by atoms with Crippen molar-refractivity contribution in [2.75, 3.05) is 17.6 Å². The Bertz CT molecular complexity index is 672. The highest BCUT2D eigenvalue weighted by molar-refractivity contribution is 8.01. The molecule has 0 aliphatic rings. The summed E-state index contributed by atoms with van der Waals surface area (Å²) in [5.41, 5.74) is 1.12. The van der Waals surface area contributed by atoms with Gasteiger partial charge in [0.05, 0.1) is 5.75 Å². The summed E-state index contributed by atoms with van der Waals surface area (Å²) in [6, 6.07) is 6.85. The van der Waals surface area contributed by atoms with E-state index in [4.69, 9.17) is 0 Å². The van der Waals surface area contributed by atoms with E-state index in [1.54, 1.807) is 24.3 Å². The maximum absolute atomic E-state index is 11.9. The zero-order chi connectivity index (χ0) is 15.9. The third kappa shape index (κ3) is 4.81. The summed E-state index contributed by atoms with van der Waals surface area (Å²) in [7, 11) is 0. The van der Waals surface area contributed by atoms with Crippen LogP contribution in [0.5, 0.6) is 0 Å². The first kappa shape index (κ1) is 16.4. The average Bonchev–Trinajstić information content (AvgIpc) is 2.91. The quantitative estimate of drug-likeness (QED) is 0.791. The molecule has 2 N–H and O–H groups in total. The van der Waals surface area contributed by atoms with Gasteiger partial charge >= 0.3 is 0 Å². The summed E-state index contributed by atoms with van der Waals surface area (Å²) in [6.07, 6.45) is 0. The first-order valence-electron chi connectivity index (χ1n) is 6.69. The molecule has 0 bridgehead atoms. The lowest BCUT2D eigenvalue weighted by Crippen LogP contribution is -2.23. The third-order valence-corrected chi connectivity index (χ3v) is 4.55. The maximum Gasteiger partial charge on any atom is 0.251 e. The van der Waals surface area contributed by atoms with Crippen LogP contribution in [0, 0.1) is 6.92 Å². The van der Waals surface area contributed by atoms with Gasteiger partial charge in [0.1, 0.15) is 5.01 Å². The minimum atomic E-state index is -0.155. The van der Waals surface area contributed by atoms with Crippen LogP contribution in [-0.2, 0) is 4.79 Å². The van der Waals surface area contributed by atoms with Gasteiger partial charge < -0.3 is 10.6 Å². The predicted molar refractivity (Wildman–Crippen MR) is 88.4 cm³/mol. The zero-order valence-electron chi connectivity index (χ0n) is 12.3. The second kappa shape index (κ2) is 7.90. The number of anilines is 1. The Labute approximate surface area is 136 Å². The molecule has 2 amide bonds. The molecule has 2 rings (SSSR count). The van der Waals surface area contributed by atoms with Crippen molar-refractivity contribution in [1.82, 2.24) is 15.5 Å². The molecule has 1 aromatic heterocycles. The van der Waals surface area contributed by atoms with Gasteiger partial charge in [-0.1, -0.05) is 29.2 Å². The number of nitrogens with zero attached hydrogens (tertiary/aromatic N) is 2. The van der Waals surface area contributed by atoms with Crippen LogP contribution in [0.15, 0.2) is 28.6 Å². The highest BCUT2D eigenvalue weighted by Gasteiger charge is 2.09. The van der Waals surface area contributed by atoms with E-state index in [2.05, 4.69) is 20.8 Å². The van der Waals surface area contributed by atoms with Crippen molar-refractivity contribution in [1.29, 1.82) is 0 Å². The predicted octanol–water partition coefficient (Wildman–Crippen LogP) is 2.33. The van der Waals surface area contributed by atoms with Crippen LogP contribution < -0.4 is 10.6 Å². The van der Waals surface area contributed by atoms with E-state index in [9.17, 15) is 9.59 Å². The van der Waals surface area contributed by atoms with Crippen LogP contribution in [0.2, 0.25) is 0 Å². The van der Waals surface area contributed by atoms with Crippen molar-refractivity contribution in [3.8, 4) is 0 Å². The van der Waals surface area contributed by atoms with Crippen molar-refractivity contribution < 1.29 is 9.59 Å². The topological polar surface area (TPSA) is 84.0 Å². The largest absolute Gasteiger partial charge is 0.352 e. The summed E-state index contributed by atoms with van der Waals surface area (Å²) in [5, 5.41) is 14.2. The van der Waals surface area contributed by atoms with Crippen LogP contribution in [-0.4, -0.2) is 34.3 Å². The molecule has 0 saturated carbocycles. The lowest BCUT2D eigenvalue weighted by Gasteiger charge is -2.07. The number of nitrogens with one attached hydrogen (secondary N) is 2. The number of hydrogen-bond donors (Lipinski definition) is 2. The molecule has 6 nitrogen and oxygen atoms in total. The number of carbonyl (C=O) groups is 2. The fourth-order valence-electron chi connectivity index (χ4n) is 1.66. The fraction of sp³-hybridized carbons (Fsp3) is 0.286. The molecular weight excluding hydrogens is 320 g/mol. The molecule has 1 aromatic carbocycles. The van der Waals surface area contributed by atoms with Gasteiger partial charge in [0.25, 0.3) is 5.91 Å². The van der Waals surface area contributed by atoms with Gasteiger partial charge in [-0.25, -0.2) is 0 Å². The summed E-state index contributed by atoms with van der Waals surface area (Å²) in [6.45, 7) is 4.29. The molecule has 0 fully saturated rings. The molecule has 116 valence electrons. The Morgan fingerprint density at radius 1 is 1.32 bits per heavy atom. The third-order valence-electron chi connectivity index (χ3n) is 2.58. The number of aryl methyl sites for hydroxylation is 1. The molecule has 0 unspecified atom stereocenters. The van der Waals surface area contributed by atoms with E-state index in [1.165, 1.54) is 23.1 Å². The van der Waals surface area contributed by atoms with E-state index in [0.29, 0.717) is 17.8 Å². The van der Waals surface area contributed by atoms with Crippen LogP contribution in [0.4, 0.5) is 5.69 Å². The normalized spacial score (nSPS) is 10.3. The minimum Gasteiger partial charge on any atom is -0.352 e. The molecule has 0 saturated heterocycles. The van der Waals surface area contributed by atoms with Crippen molar-refractivity contribution in [2.45, 2.75) is 18.2 Å². The van der Waals surface area contributed by atoms with Gasteiger partial charge in [0.2, 0.25) is 5.91 Å². The Morgan fingerprint density at radius 2 is 2.14 bits per heavy atom. The number of carbonyl (C=O) groups excluding carboxylic acids is 2. The van der Waals surface area contributed by atoms with E-state index >= 15 is 0 Å². The van der Waals surface area contributed by atoms with Gasteiger partial charge in [-0.3, -0.25) is 9.59 Å². The van der Waals surface area contributed by atoms with Crippen molar-refractivity contribution in [3.63, 3.8) is 0 Å². The van der Waals surface area contributed by atoms with Gasteiger partial charge in [0, 0.05) is 17.8 Å². The number of rotatable bonds is 6.